The Balaban J connectivity index is 1.55. The van der Waals surface area contributed by atoms with Gasteiger partial charge in [0.2, 0.25) is 10.0 Å². The first-order chi connectivity index (χ1) is 12.9. The van der Waals surface area contributed by atoms with E-state index < -0.39 is 10.0 Å². The summed E-state index contributed by atoms with van der Waals surface area (Å²) in [6.45, 7) is 3.00. The van der Waals surface area contributed by atoms with Gasteiger partial charge in [0.15, 0.2) is 6.61 Å². The van der Waals surface area contributed by atoms with E-state index in [0.717, 1.165) is 5.56 Å². The van der Waals surface area contributed by atoms with Crippen LogP contribution in [0.25, 0.3) is 0 Å². The van der Waals surface area contributed by atoms with Crippen molar-refractivity contribution in [2.75, 3.05) is 32.8 Å². The van der Waals surface area contributed by atoms with Crippen LogP contribution in [0.4, 0.5) is 0 Å². The van der Waals surface area contributed by atoms with Crippen LogP contribution in [0.2, 0.25) is 5.02 Å². The van der Waals surface area contributed by atoms with Gasteiger partial charge in [-0.1, -0.05) is 35.4 Å². The van der Waals surface area contributed by atoms with E-state index in [1.54, 1.807) is 53.4 Å². The molecule has 1 aliphatic heterocycles. The Kier molecular flexibility index (Phi) is 6.04. The highest BCUT2D eigenvalue weighted by Gasteiger charge is 2.30. The molecule has 2 aromatic rings. The van der Waals surface area contributed by atoms with Crippen LogP contribution in [0.1, 0.15) is 5.56 Å². The molecule has 0 radical (unpaired) electrons. The second-order valence-electron chi connectivity index (χ2n) is 6.34. The normalized spacial score (nSPS) is 15.6. The lowest BCUT2D eigenvalue weighted by atomic mass is 10.2. The first kappa shape index (κ1) is 19.7. The molecule has 1 aliphatic rings. The van der Waals surface area contributed by atoms with Crippen molar-refractivity contribution < 1.29 is 17.9 Å². The summed E-state index contributed by atoms with van der Waals surface area (Å²) >= 11 is 5.89. The third-order valence-electron chi connectivity index (χ3n) is 4.41. The lowest BCUT2D eigenvalue weighted by Gasteiger charge is -2.34. The van der Waals surface area contributed by atoms with E-state index in [1.807, 2.05) is 6.92 Å². The molecule has 27 heavy (non-hydrogen) atoms. The minimum atomic E-state index is -3.54. The molecule has 2 aromatic carbocycles. The van der Waals surface area contributed by atoms with Crippen molar-refractivity contribution in [3.63, 3.8) is 0 Å². The molecule has 1 heterocycles. The fraction of sp³-hybridized carbons (Fsp3) is 0.316. The molecular formula is C19H21ClN2O4S. The fourth-order valence-electron chi connectivity index (χ4n) is 2.83. The van der Waals surface area contributed by atoms with Gasteiger partial charge in [0.1, 0.15) is 5.75 Å². The number of nitrogens with zero attached hydrogens (tertiary/aromatic N) is 2. The zero-order chi connectivity index (χ0) is 19.4. The molecule has 0 saturated carbocycles. The smallest absolute Gasteiger partial charge is 0.260 e. The quantitative estimate of drug-likeness (QED) is 0.762. The second-order valence-corrected chi connectivity index (χ2v) is 8.72. The monoisotopic (exact) mass is 408 g/mol. The molecule has 1 fully saturated rings. The molecule has 3 rings (SSSR count). The van der Waals surface area contributed by atoms with Crippen molar-refractivity contribution in [2.24, 2.45) is 0 Å². The van der Waals surface area contributed by atoms with E-state index in [2.05, 4.69) is 0 Å². The zero-order valence-corrected chi connectivity index (χ0v) is 16.5. The Hall–Kier alpha value is -2.09. The number of halogens is 1. The van der Waals surface area contributed by atoms with Crippen LogP contribution in [0.5, 0.6) is 5.75 Å². The van der Waals surface area contributed by atoms with Crippen molar-refractivity contribution >= 4 is 27.5 Å². The number of hydrogen-bond donors (Lipinski definition) is 0. The van der Waals surface area contributed by atoms with Crippen LogP contribution < -0.4 is 4.74 Å². The summed E-state index contributed by atoms with van der Waals surface area (Å²) < 4.78 is 32.3. The standard InChI is InChI=1S/C19H21ClN2O4S/c1-15-5-7-18(8-6-15)27(24,25)22-11-9-21(10-12-22)19(23)14-26-17-4-2-3-16(20)13-17/h2-8,13H,9-12,14H2,1H3. The number of sulfonamides is 1. The Morgan fingerprint density at radius 1 is 1.07 bits per heavy atom. The molecule has 0 bridgehead atoms. The average Bonchev–Trinajstić information content (AvgIpc) is 2.66. The number of carbonyl (C=O) groups excluding carboxylic acids is 1. The van der Waals surface area contributed by atoms with Gasteiger partial charge in [-0.25, -0.2) is 8.42 Å². The third-order valence-corrected chi connectivity index (χ3v) is 6.56. The Morgan fingerprint density at radius 2 is 1.74 bits per heavy atom. The summed E-state index contributed by atoms with van der Waals surface area (Å²) in [6.07, 6.45) is 0. The van der Waals surface area contributed by atoms with Crippen LogP contribution in [0, 0.1) is 6.92 Å². The van der Waals surface area contributed by atoms with E-state index >= 15 is 0 Å². The highest BCUT2D eigenvalue weighted by Crippen LogP contribution is 2.19. The van der Waals surface area contributed by atoms with Crippen molar-refractivity contribution in [1.29, 1.82) is 0 Å². The first-order valence-corrected chi connectivity index (χ1v) is 10.4. The van der Waals surface area contributed by atoms with Crippen molar-refractivity contribution in [2.45, 2.75) is 11.8 Å². The fourth-order valence-corrected chi connectivity index (χ4v) is 4.43. The maximum Gasteiger partial charge on any atom is 0.260 e. The molecule has 144 valence electrons. The number of hydrogen-bond acceptors (Lipinski definition) is 4. The van der Waals surface area contributed by atoms with Gasteiger partial charge in [-0.3, -0.25) is 4.79 Å². The lowest BCUT2D eigenvalue weighted by molar-refractivity contribution is -0.134. The maximum atomic E-state index is 12.7. The molecule has 0 aromatic heterocycles. The van der Waals surface area contributed by atoms with Gasteiger partial charge in [-0.2, -0.15) is 4.31 Å². The average molecular weight is 409 g/mol. The predicted molar refractivity (Wildman–Crippen MR) is 103 cm³/mol. The summed E-state index contributed by atoms with van der Waals surface area (Å²) in [7, 11) is -3.54. The number of carbonyl (C=O) groups is 1. The minimum absolute atomic E-state index is 0.106. The number of aryl methyl sites for hydroxylation is 1. The third kappa shape index (κ3) is 4.80. The lowest BCUT2D eigenvalue weighted by Crippen LogP contribution is -2.51. The maximum absolute atomic E-state index is 12.7. The zero-order valence-electron chi connectivity index (χ0n) is 15.0. The molecule has 0 aliphatic carbocycles. The highest BCUT2D eigenvalue weighted by atomic mass is 35.5. The van der Waals surface area contributed by atoms with Gasteiger partial charge in [0.05, 0.1) is 4.90 Å². The van der Waals surface area contributed by atoms with Gasteiger partial charge >= 0.3 is 0 Å². The van der Waals surface area contributed by atoms with E-state index in [4.69, 9.17) is 16.3 Å². The second kappa shape index (κ2) is 8.29. The number of amides is 1. The number of piperazine rings is 1. The van der Waals surface area contributed by atoms with Crippen molar-refractivity contribution in [3.8, 4) is 5.75 Å². The van der Waals surface area contributed by atoms with Crippen LogP contribution in [-0.2, 0) is 14.8 Å². The summed E-state index contributed by atoms with van der Waals surface area (Å²) in [4.78, 5) is 14.2. The summed E-state index contributed by atoms with van der Waals surface area (Å²) in [5.74, 6) is 0.346. The first-order valence-electron chi connectivity index (χ1n) is 8.59. The van der Waals surface area contributed by atoms with Crippen molar-refractivity contribution in [3.05, 3.63) is 59.1 Å². The molecular weight excluding hydrogens is 388 g/mol. The summed E-state index contributed by atoms with van der Waals surface area (Å²) in [6, 6.07) is 13.6. The highest BCUT2D eigenvalue weighted by molar-refractivity contribution is 7.89. The van der Waals surface area contributed by atoms with E-state index in [-0.39, 0.29) is 30.5 Å². The van der Waals surface area contributed by atoms with Gasteiger partial charge in [0.25, 0.3) is 5.91 Å². The Bertz CT molecular complexity index is 908. The SMILES string of the molecule is Cc1ccc(S(=O)(=O)N2CCN(C(=O)COc3cccc(Cl)c3)CC2)cc1. The number of benzene rings is 2. The van der Waals surface area contributed by atoms with Crippen LogP contribution >= 0.6 is 11.6 Å². The topological polar surface area (TPSA) is 66.9 Å². The van der Waals surface area contributed by atoms with E-state index in [9.17, 15) is 13.2 Å². The predicted octanol–water partition coefficient (Wildman–Crippen LogP) is 2.56. The molecule has 0 unspecified atom stereocenters. The molecule has 1 saturated heterocycles. The molecule has 8 heteroatoms. The van der Waals surface area contributed by atoms with Crippen LogP contribution in [-0.4, -0.2) is 56.3 Å². The van der Waals surface area contributed by atoms with Crippen LogP contribution in [0.3, 0.4) is 0 Å². The minimum Gasteiger partial charge on any atom is -0.484 e. The summed E-state index contributed by atoms with van der Waals surface area (Å²) in [5.41, 5.74) is 1.00. The van der Waals surface area contributed by atoms with Crippen LogP contribution in [0.15, 0.2) is 53.4 Å². The van der Waals surface area contributed by atoms with Crippen molar-refractivity contribution in [1.82, 2.24) is 9.21 Å². The van der Waals surface area contributed by atoms with Gasteiger partial charge in [-0.15, -0.1) is 0 Å². The molecule has 0 atom stereocenters. The molecule has 1 amide bonds. The number of rotatable bonds is 5. The summed E-state index contributed by atoms with van der Waals surface area (Å²) in [5, 5.41) is 0.537. The van der Waals surface area contributed by atoms with Gasteiger partial charge < -0.3 is 9.64 Å². The molecule has 6 nitrogen and oxygen atoms in total. The molecule has 0 N–H and O–H groups in total. The number of ether oxygens (including phenoxy) is 1. The Morgan fingerprint density at radius 3 is 2.37 bits per heavy atom. The largest absolute Gasteiger partial charge is 0.484 e. The van der Waals surface area contributed by atoms with Gasteiger partial charge in [0, 0.05) is 31.2 Å². The molecule has 0 spiro atoms. The Labute approximate surface area is 164 Å². The van der Waals surface area contributed by atoms with E-state index in [1.165, 1.54) is 4.31 Å². The van der Waals surface area contributed by atoms with Gasteiger partial charge in [-0.05, 0) is 37.3 Å². The van der Waals surface area contributed by atoms with E-state index in [0.29, 0.717) is 23.9 Å².